The van der Waals surface area contributed by atoms with Crippen LogP contribution in [0.1, 0.15) is 10.4 Å². The maximum atomic E-state index is 12.6. The Morgan fingerprint density at radius 3 is 2.04 bits per heavy atom. The molecular formula is C16H18N2O6S2. The van der Waals surface area contributed by atoms with Gasteiger partial charge in [0.15, 0.2) is 9.84 Å². The van der Waals surface area contributed by atoms with E-state index < -0.39 is 19.9 Å². The number of hydrogen-bond acceptors (Lipinski definition) is 6. The first-order valence-electron chi connectivity index (χ1n) is 7.31. The minimum Gasteiger partial charge on any atom is -0.495 e. The summed E-state index contributed by atoms with van der Waals surface area (Å²) in [4.78, 5) is 11.6. The number of sulfone groups is 1. The molecule has 2 N–H and O–H groups in total. The third-order valence-electron chi connectivity index (χ3n) is 3.50. The highest BCUT2D eigenvalue weighted by Crippen LogP contribution is 2.28. The number of benzene rings is 2. The molecule has 0 aromatic heterocycles. The van der Waals surface area contributed by atoms with E-state index in [1.54, 1.807) is 0 Å². The standard InChI is InChI=1S/C16H18N2O6S2/c1-17-16(19)11-4-9-15(24-2)14(10-11)18-26(22,23)13-7-5-12(6-8-13)25(3,20)21/h4-10,18H,1-3H3,(H,17,19). The van der Waals surface area contributed by atoms with Crippen molar-refractivity contribution in [1.82, 2.24) is 5.32 Å². The molecular weight excluding hydrogens is 380 g/mol. The number of sulfonamides is 1. The smallest absolute Gasteiger partial charge is 0.262 e. The van der Waals surface area contributed by atoms with E-state index in [0.717, 1.165) is 6.26 Å². The van der Waals surface area contributed by atoms with Gasteiger partial charge in [-0.2, -0.15) is 0 Å². The van der Waals surface area contributed by atoms with Gasteiger partial charge in [0.25, 0.3) is 15.9 Å². The van der Waals surface area contributed by atoms with Gasteiger partial charge >= 0.3 is 0 Å². The first-order valence-corrected chi connectivity index (χ1v) is 10.7. The van der Waals surface area contributed by atoms with Crippen LogP contribution in [0.3, 0.4) is 0 Å². The van der Waals surface area contributed by atoms with E-state index >= 15 is 0 Å². The molecule has 0 bridgehead atoms. The number of carbonyl (C=O) groups excluding carboxylic acids is 1. The van der Waals surface area contributed by atoms with Gasteiger partial charge in [-0.25, -0.2) is 16.8 Å². The molecule has 2 rings (SSSR count). The Morgan fingerprint density at radius 1 is 0.962 bits per heavy atom. The first kappa shape index (κ1) is 19.7. The van der Waals surface area contributed by atoms with Crippen LogP contribution in [0.4, 0.5) is 5.69 Å². The Kier molecular flexibility index (Phi) is 5.57. The minimum atomic E-state index is -4.01. The van der Waals surface area contributed by atoms with Crippen molar-refractivity contribution in [2.45, 2.75) is 9.79 Å². The molecule has 0 aliphatic heterocycles. The summed E-state index contributed by atoms with van der Waals surface area (Å²) >= 11 is 0. The molecule has 140 valence electrons. The highest BCUT2D eigenvalue weighted by atomic mass is 32.2. The molecule has 26 heavy (non-hydrogen) atoms. The van der Waals surface area contributed by atoms with Crippen molar-refractivity contribution in [2.75, 3.05) is 25.1 Å². The molecule has 0 atom stereocenters. The summed E-state index contributed by atoms with van der Waals surface area (Å²) in [6, 6.07) is 9.11. The summed E-state index contributed by atoms with van der Waals surface area (Å²) in [6.45, 7) is 0. The number of amides is 1. The normalized spacial score (nSPS) is 11.7. The molecule has 2 aromatic rings. The van der Waals surface area contributed by atoms with Crippen LogP contribution in [0.2, 0.25) is 0 Å². The van der Waals surface area contributed by atoms with Crippen molar-refractivity contribution in [3.05, 3.63) is 48.0 Å². The van der Waals surface area contributed by atoms with Crippen molar-refractivity contribution in [3.8, 4) is 5.75 Å². The molecule has 0 spiro atoms. The molecule has 0 aliphatic carbocycles. The maximum absolute atomic E-state index is 12.6. The van der Waals surface area contributed by atoms with Crippen molar-refractivity contribution >= 4 is 31.5 Å². The number of hydrogen-bond donors (Lipinski definition) is 2. The molecule has 0 fully saturated rings. The van der Waals surface area contributed by atoms with Crippen molar-refractivity contribution in [3.63, 3.8) is 0 Å². The second kappa shape index (κ2) is 7.34. The second-order valence-corrected chi connectivity index (χ2v) is 9.04. The summed E-state index contributed by atoms with van der Waals surface area (Å²) in [5.74, 6) is -0.153. The number of rotatable bonds is 6. The molecule has 0 heterocycles. The Morgan fingerprint density at radius 2 is 1.54 bits per heavy atom. The van der Waals surface area contributed by atoms with Crippen LogP contribution in [0.15, 0.2) is 52.3 Å². The number of ether oxygens (including phenoxy) is 1. The Balaban J connectivity index is 2.41. The fourth-order valence-corrected chi connectivity index (χ4v) is 3.83. The van der Waals surface area contributed by atoms with Gasteiger partial charge < -0.3 is 10.1 Å². The van der Waals surface area contributed by atoms with Gasteiger partial charge in [-0.05, 0) is 42.5 Å². The van der Waals surface area contributed by atoms with Crippen LogP contribution in [0.5, 0.6) is 5.75 Å². The van der Waals surface area contributed by atoms with Crippen LogP contribution in [0.25, 0.3) is 0 Å². The average molecular weight is 398 g/mol. The van der Waals surface area contributed by atoms with Gasteiger partial charge in [0.05, 0.1) is 22.6 Å². The van der Waals surface area contributed by atoms with Gasteiger partial charge in [0, 0.05) is 18.9 Å². The summed E-state index contributed by atoms with van der Waals surface area (Å²) in [7, 11) is -4.62. The lowest BCUT2D eigenvalue weighted by Gasteiger charge is -2.13. The summed E-state index contributed by atoms with van der Waals surface area (Å²) in [5.41, 5.74) is 0.333. The summed E-state index contributed by atoms with van der Waals surface area (Å²) in [6.07, 6.45) is 1.03. The van der Waals surface area contributed by atoms with Crippen LogP contribution in [-0.2, 0) is 19.9 Å². The molecule has 10 heteroatoms. The number of carbonyl (C=O) groups is 1. The van der Waals surface area contributed by atoms with E-state index in [9.17, 15) is 21.6 Å². The second-order valence-electron chi connectivity index (χ2n) is 5.34. The highest BCUT2D eigenvalue weighted by molar-refractivity contribution is 7.92. The quantitative estimate of drug-likeness (QED) is 0.756. The van der Waals surface area contributed by atoms with E-state index in [-0.39, 0.29) is 32.7 Å². The fourth-order valence-electron chi connectivity index (χ4n) is 2.14. The van der Waals surface area contributed by atoms with Crippen LogP contribution in [-0.4, -0.2) is 43.2 Å². The Labute approximate surface area is 152 Å². The molecule has 0 aliphatic rings. The molecule has 8 nitrogen and oxygen atoms in total. The number of anilines is 1. The average Bonchev–Trinajstić information content (AvgIpc) is 2.60. The third-order valence-corrected chi connectivity index (χ3v) is 6.01. The largest absolute Gasteiger partial charge is 0.495 e. The molecule has 1 amide bonds. The van der Waals surface area contributed by atoms with E-state index in [4.69, 9.17) is 4.74 Å². The minimum absolute atomic E-state index is 0.00986. The zero-order valence-electron chi connectivity index (χ0n) is 14.3. The zero-order valence-corrected chi connectivity index (χ0v) is 15.9. The van der Waals surface area contributed by atoms with E-state index in [2.05, 4.69) is 10.0 Å². The van der Waals surface area contributed by atoms with Gasteiger partial charge in [-0.3, -0.25) is 9.52 Å². The van der Waals surface area contributed by atoms with Crippen molar-refractivity contribution < 1.29 is 26.4 Å². The SMILES string of the molecule is CNC(=O)c1ccc(OC)c(NS(=O)(=O)c2ccc(S(C)(=O)=O)cc2)c1. The maximum Gasteiger partial charge on any atom is 0.262 e. The molecule has 0 unspecified atom stereocenters. The fraction of sp³-hybridized carbons (Fsp3) is 0.188. The molecule has 0 saturated carbocycles. The summed E-state index contributed by atoms with van der Waals surface area (Å²) in [5, 5.41) is 2.45. The molecule has 0 saturated heterocycles. The van der Waals surface area contributed by atoms with Gasteiger partial charge in [0.2, 0.25) is 0 Å². The Bertz CT molecular complexity index is 1030. The van der Waals surface area contributed by atoms with Crippen LogP contribution >= 0.6 is 0 Å². The number of nitrogens with one attached hydrogen (secondary N) is 2. The topological polar surface area (TPSA) is 119 Å². The van der Waals surface area contributed by atoms with Crippen LogP contribution in [0, 0.1) is 0 Å². The van der Waals surface area contributed by atoms with Gasteiger partial charge in [0.1, 0.15) is 5.75 Å². The van der Waals surface area contributed by atoms with E-state index in [1.165, 1.54) is 56.6 Å². The third kappa shape index (κ3) is 4.33. The first-order chi connectivity index (χ1) is 12.1. The zero-order chi connectivity index (χ0) is 19.5. The lowest BCUT2D eigenvalue weighted by molar-refractivity contribution is 0.0963. The predicted octanol–water partition coefficient (Wildman–Crippen LogP) is 1.26. The van der Waals surface area contributed by atoms with Crippen LogP contribution < -0.4 is 14.8 Å². The highest BCUT2D eigenvalue weighted by Gasteiger charge is 2.19. The van der Waals surface area contributed by atoms with Gasteiger partial charge in [-0.15, -0.1) is 0 Å². The molecule has 0 radical (unpaired) electrons. The Hall–Kier alpha value is -2.59. The molecule has 2 aromatic carbocycles. The predicted molar refractivity (Wildman–Crippen MR) is 96.7 cm³/mol. The van der Waals surface area contributed by atoms with E-state index in [1.807, 2.05) is 0 Å². The number of methoxy groups -OCH3 is 1. The lowest BCUT2D eigenvalue weighted by atomic mass is 10.2. The summed E-state index contributed by atoms with van der Waals surface area (Å²) < 4.78 is 55.6. The van der Waals surface area contributed by atoms with Crippen molar-refractivity contribution in [2.24, 2.45) is 0 Å². The van der Waals surface area contributed by atoms with Gasteiger partial charge in [-0.1, -0.05) is 0 Å². The van der Waals surface area contributed by atoms with Crippen molar-refractivity contribution in [1.29, 1.82) is 0 Å². The van der Waals surface area contributed by atoms with E-state index in [0.29, 0.717) is 0 Å². The monoisotopic (exact) mass is 398 g/mol. The lowest BCUT2D eigenvalue weighted by Crippen LogP contribution is -2.19.